The van der Waals surface area contributed by atoms with Crippen LogP contribution in [0.2, 0.25) is 0 Å². The summed E-state index contributed by atoms with van der Waals surface area (Å²) >= 11 is 0. The number of rotatable bonds is 6. The molecule has 5 rings (SSSR count). The molecule has 1 aliphatic heterocycles. The van der Waals surface area contributed by atoms with Crippen LogP contribution in [0.1, 0.15) is 31.7 Å². The minimum atomic E-state index is -0.496. The van der Waals surface area contributed by atoms with Crippen LogP contribution in [0.4, 0.5) is 5.69 Å². The summed E-state index contributed by atoms with van der Waals surface area (Å²) in [5, 5.41) is 3.97. The van der Waals surface area contributed by atoms with E-state index >= 15 is 0 Å². The Balaban J connectivity index is 1.54. The van der Waals surface area contributed by atoms with Crippen molar-refractivity contribution in [3.8, 4) is 5.75 Å². The number of nitrogens with zero attached hydrogens (tertiary/aromatic N) is 4. The molecule has 0 spiro atoms. The molecule has 1 aromatic heterocycles. The first-order valence-electron chi connectivity index (χ1n) is 11.0. The van der Waals surface area contributed by atoms with Crippen molar-refractivity contribution in [2.75, 3.05) is 44.0 Å². The van der Waals surface area contributed by atoms with Gasteiger partial charge in [-0.25, -0.2) is 11.4 Å². The third-order valence-electron chi connectivity index (χ3n) is 7.16. The number of fused-ring (bicyclic) bond motifs is 2. The first-order valence-corrected chi connectivity index (χ1v) is 11.0. The number of methoxy groups -OCH3 is 1. The van der Waals surface area contributed by atoms with Gasteiger partial charge in [-0.05, 0) is 49.7 Å². The predicted molar refractivity (Wildman–Crippen MR) is 119 cm³/mol. The number of anilines is 1. The highest BCUT2D eigenvalue weighted by molar-refractivity contribution is 5.90. The Morgan fingerprint density at radius 1 is 1.23 bits per heavy atom. The number of nitrogens with two attached hydrogens (primary N) is 1. The van der Waals surface area contributed by atoms with Crippen LogP contribution in [0.5, 0.6) is 5.75 Å². The Morgan fingerprint density at radius 2 is 2.03 bits per heavy atom. The van der Waals surface area contributed by atoms with Crippen LogP contribution >= 0.6 is 0 Å². The van der Waals surface area contributed by atoms with Crippen molar-refractivity contribution in [1.29, 1.82) is 0 Å². The van der Waals surface area contributed by atoms with Crippen LogP contribution in [0.3, 0.4) is 0 Å². The normalized spacial score (nSPS) is 25.0. The first-order chi connectivity index (χ1) is 15.0. The summed E-state index contributed by atoms with van der Waals surface area (Å²) in [7, 11) is 1.60. The molecule has 9 nitrogen and oxygen atoms in total. The maximum Gasteiger partial charge on any atom is 0.350 e. The summed E-state index contributed by atoms with van der Waals surface area (Å²) in [6.45, 7) is 10.0. The van der Waals surface area contributed by atoms with Gasteiger partial charge in [0.15, 0.2) is 5.75 Å². The number of hydrogen-bond donors (Lipinski definition) is 2. The SMILES string of the molecule is [C-]#[N+]CCNC1CCC2CN(c3ccc4c(=O)n(N)c(=O)n(C5CC5)c4c3OC)CC21. The van der Waals surface area contributed by atoms with Crippen molar-refractivity contribution in [3.63, 3.8) is 0 Å². The smallest absolute Gasteiger partial charge is 0.350 e. The van der Waals surface area contributed by atoms with Crippen molar-refractivity contribution >= 4 is 16.6 Å². The molecular formula is C22H28N6O3. The van der Waals surface area contributed by atoms with Gasteiger partial charge in [0.1, 0.15) is 5.52 Å². The van der Waals surface area contributed by atoms with E-state index in [1.165, 1.54) is 0 Å². The number of nitrogen functional groups attached to an aromatic ring is 1. The maximum atomic E-state index is 12.8. The van der Waals surface area contributed by atoms with Gasteiger partial charge in [-0.1, -0.05) is 0 Å². The summed E-state index contributed by atoms with van der Waals surface area (Å²) in [5.41, 5.74) is 0.497. The van der Waals surface area contributed by atoms with Crippen LogP contribution in [0.25, 0.3) is 15.7 Å². The van der Waals surface area contributed by atoms with E-state index in [9.17, 15) is 9.59 Å². The van der Waals surface area contributed by atoms with Crippen molar-refractivity contribution in [3.05, 3.63) is 44.4 Å². The molecule has 3 atom stereocenters. The average molecular weight is 425 g/mol. The monoisotopic (exact) mass is 424 g/mol. The zero-order chi connectivity index (χ0) is 21.7. The van der Waals surface area contributed by atoms with Gasteiger partial charge in [0.05, 0.1) is 24.7 Å². The highest BCUT2D eigenvalue weighted by Gasteiger charge is 2.43. The molecule has 3 fully saturated rings. The molecule has 0 amide bonds. The zero-order valence-electron chi connectivity index (χ0n) is 17.7. The van der Waals surface area contributed by atoms with Gasteiger partial charge in [-0.3, -0.25) is 9.36 Å². The number of ether oxygens (including phenoxy) is 1. The van der Waals surface area contributed by atoms with E-state index in [1.54, 1.807) is 17.7 Å². The lowest BCUT2D eigenvalue weighted by Crippen LogP contribution is -2.44. The van der Waals surface area contributed by atoms with Crippen molar-refractivity contribution in [2.45, 2.75) is 37.8 Å². The standard InChI is InChI=1S/C22H28N6O3/c1-24-9-10-25-17-7-3-13-11-26(12-16(13)17)18-8-6-15-19(20(18)31-2)27(14-4-5-14)22(30)28(23)21(15)29/h6,8,13-14,16-17,25H,3-5,7,9-12,23H2,2H3. The topological polar surface area (TPSA) is 98.9 Å². The average Bonchev–Trinajstić information content (AvgIpc) is 3.40. The van der Waals surface area contributed by atoms with E-state index in [1.807, 2.05) is 6.07 Å². The summed E-state index contributed by atoms with van der Waals surface area (Å²) in [6.07, 6.45) is 4.10. The molecule has 1 aromatic carbocycles. The minimum absolute atomic E-state index is 0.0588. The van der Waals surface area contributed by atoms with Crippen LogP contribution < -0.4 is 32.0 Å². The van der Waals surface area contributed by atoms with Crippen LogP contribution in [0, 0.1) is 18.4 Å². The highest BCUT2D eigenvalue weighted by atomic mass is 16.5. The zero-order valence-corrected chi connectivity index (χ0v) is 17.7. The lowest BCUT2D eigenvalue weighted by Gasteiger charge is -2.25. The fourth-order valence-corrected chi connectivity index (χ4v) is 5.54. The van der Waals surface area contributed by atoms with Crippen LogP contribution in [0.15, 0.2) is 21.7 Å². The third kappa shape index (κ3) is 3.17. The third-order valence-corrected chi connectivity index (χ3v) is 7.16. The first kappa shape index (κ1) is 19.9. The van der Waals surface area contributed by atoms with E-state index in [0.717, 1.165) is 51.0 Å². The van der Waals surface area contributed by atoms with E-state index in [0.29, 0.717) is 45.8 Å². The summed E-state index contributed by atoms with van der Waals surface area (Å²) in [5.74, 6) is 7.48. The maximum absolute atomic E-state index is 12.8. The van der Waals surface area contributed by atoms with Crippen molar-refractivity contribution < 1.29 is 4.74 Å². The Labute approximate surface area is 180 Å². The Bertz CT molecular complexity index is 1170. The van der Waals surface area contributed by atoms with Gasteiger partial charge in [0.2, 0.25) is 6.54 Å². The molecule has 2 aromatic rings. The molecule has 3 N–H and O–H groups in total. The number of benzene rings is 1. The predicted octanol–water partition coefficient (Wildman–Crippen LogP) is 0.944. The molecule has 9 heteroatoms. The number of nitrogens with one attached hydrogen (secondary N) is 1. The van der Waals surface area contributed by atoms with E-state index in [-0.39, 0.29) is 6.04 Å². The van der Waals surface area contributed by atoms with E-state index in [4.69, 9.17) is 17.2 Å². The molecule has 3 aliphatic rings. The summed E-state index contributed by atoms with van der Waals surface area (Å²) in [4.78, 5) is 31.3. The molecule has 31 heavy (non-hydrogen) atoms. The molecule has 164 valence electrons. The molecule has 3 unspecified atom stereocenters. The van der Waals surface area contributed by atoms with Crippen LogP contribution in [-0.4, -0.2) is 48.6 Å². The number of aromatic nitrogens is 2. The highest BCUT2D eigenvalue weighted by Crippen LogP contribution is 2.45. The Hall–Kier alpha value is -2.99. The Kier molecular flexibility index (Phi) is 4.89. The molecular weight excluding hydrogens is 396 g/mol. The van der Waals surface area contributed by atoms with Gasteiger partial charge < -0.3 is 25.6 Å². The molecule has 2 aliphatic carbocycles. The van der Waals surface area contributed by atoms with E-state index in [2.05, 4.69) is 15.1 Å². The summed E-state index contributed by atoms with van der Waals surface area (Å²) in [6, 6.07) is 4.18. The van der Waals surface area contributed by atoms with Gasteiger partial charge in [-0.2, -0.15) is 4.68 Å². The fourth-order valence-electron chi connectivity index (χ4n) is 5.54. The van der Waals surface area contributed by atoms with Gasteiger partial charge in [-0.15, -0.1) is 0 Å². The second-order valence-corrected chi connectivity index (χ2v) is 8.92. The quantitative estimate of drug-likeness (QED) is 0.407. The molecule has 0 bridgehead atoms. The van der Waals surface area contributed by atoms with Crippen LogP contribution in [-0.2, 0) is 0 Å². The fraction of sp³-hybridized carbons (Fsp3) is 0.591. The minimum Gasteiger partial charge on any atom is -0.492 e. The van der Waals surface area contributed by atoms with Gasteiger partial charge >= 0.3 is 5.69 Å². The molecule has 1 saturated heterocycles. The van der Waals surface area contributed by atoms with E-state index < -0.39 is 11.2 Å². The van der Waals surface area contributed by atoms with Crippen molar-refractivity contribution in [2.24, 2.45) is 11.8 Å². The second kappa shape index (κ2) is 7.61. The Morgan fingerprint density at radius 3 is 2.74 bits per heavy atom. The molecule has 0 radical (unpaired) electrons. The number of hydrogen-bond acceptors (Lipinski definition) is 6. The van der Waals surface area contributed by atoms with Crippen molar-refractivity contribution in [1.82, 2.24) is 14.6 Å². The lowest BCUT2D eigenvalue weighted by molar-refractivity contribution is 0.396. The lowest BCUT2D eigenvalue weighted by atomic mass is 9.98. The molecule has 2 saturated carbocycles. The second-order valence-electron chi connectivity index (χ2n) is 8.92. The molecule has 2 heterocycles. The van der Waals surface area contributed by atoms with Gasteiger partial charge in [0, 0.05) is 25.2 Å². The van der Waals surface area contributed by atoms with Gasteiger partial charge in [0.25, 0.3) is 5.56 Å². The largest absolute Gasteiger partial charge is 0.492 e. The summed E-state index contributed by atoms with van der Waals surface area (Å²) < 4.78 is 8.18.